The standard InChI is InChI=1S/C15H17FN6/c1-10-7-12-13(8-11(10)16)22-9-17-19-15(22)14(18-12)21-5-3-20(2)4-6-21/h7-9H,3-6H2,1-2H3. The molecule has 0 unspecified atom stereocenters. The number of aryl methyl sites for hydroxylation is 1. The predicted octanol–water partition coefficient (Wildman–Crippen LogP) is 1.48. The van der Waals surface area contributed by atoms with Crippen LogP contribution in [0.5, 0.6) is 0 Å². The number of anilines is 1. The van der Waals surface area contributed by atoms with Gasteiger partial charge in [0, 0.05) is 32.2 Å². The Morgan fingerprint density at radius 3 is 2.68 bits per heavy atom. The van der Waals surface area contributed by atoms with Crippen molar-refractivity contribution >= 4 is 22.5 Å². The van der Waals surface area contributed by atoms with Crippen molar-refractivity contribution in [3.05, 3.63) is 29.8 Å². The van der Waals surface area contributed by atoms with E-state index in [1.165, 1.54) is 6.07 Å². The predicted molar refractivity (Wildman–Crippen MR) is 82.7 cm³/mol. The second-order valence-electron chi connectivity index (χ2n) is 5.84. The van der Waals surface area contributed by atoms with Crippen LogP contribution >= 0.6 is 0 Å². The molecule has 0 aliphatic carbocycles. The van der Waals surface area contributed by atoms with Crippen molar-refractivity contribution < 1.29 is 4.39 Å². The van der Waals surface area contributed by atoms with Gasteiger partial charge in [-0.2, -0.15) is 0 Å². The maximum Gasteiger partial charge on any atom is 0.204 e. The largest absolute Gasteiger partial charge is 0.351 e. The Morgan fingerprint density at radius 1 is 1.14 bits per heavy atom. The molecule has 0 saturated carbocycles. The molecule has 1 aromatic carbocycles. The molecule has 1 saturated heterocycles. The molecule has 1 fully saturated rings. The molecule has 22 heavy (non-hydrogen) atoms. The summed E-state index contributed by atoms with van der Waals surface area (Å²) in [5.41, 5.74) is 2.73. The van der Waals surface area contributed by atoms with Crippen LogP contribution in [0, 0.1) is 12.7 Å². The van der Waals surface area contributed by atoms with E-state index in [1.807, 2.05) is 4.40 Å². The van der Waals surface area contributed by atoms with Crippen LogP contribution in [0.15, 0.2) is 18.5 Å². The highest BCUT2D eigenvalue weighted by atomic mass is 19.1. The fraction of sp³-hybridized carbons (Fsp3) is 0.400. The van der Waals surface area contributed by atoms with Gasteiger partial charge in [-0.25, -0.2) is 9.37 Å². The minimum atomic E-state index is -0.239. The fourth-order valence-corrected chi connectivity index (χ4v) is 2.90. The molecule has 1 aliphatic rings. The summed E-state index contributed by atoms with van der Waals surface area (Å²) in [6.45, 7) is 5.53. The van der Waals surface area contributed by atoms with E-state index >= 15 is 0 Å². The van der Waals surface area contributed by atoms with Crippen molar-refractivity contribution in [2.45, 2.75) is 6.92 Å². The third kappa shape index (κ3) is 2.00. The first-order valence-corrected chi connectivity index (χ1v) is 7.36. The van der Waals surface area contributed by atoms with Crippen molar-refractivity contribution in [1.29, 1.82) is 0 Å². The minimum Gasteiger partial charge on any atom is -0.351 e. The zero-order valence-corrected chi connectivity index (χ0v) is 12.6. The first-order chi connectivity index (χ1) is 10.6. The summed E-state index contributed by atoms with van der Waals surface area (Å²) in [5.74, 6) is 0.584. The molecule has 1 aliphatic heterocycles. The number of aromatic nitrogens is 4. The zero-order valence-electron chi connectivity index (χ0n) is 12.6. The lowest BCUT2D eigenvalue weighted by atomic mass is 10.2. The van der Waals surface area contributed by atoms with E-state index in [1.54, 1.807) is 19.3 Å². The Kier molecular flexibility index (Phi) is 2.97. The molecule has 0 atom stereocenters. The number of hydrogen-bond donors (Lipinski definition) is 0. The van der Waals surface area contributed by atoms with Gasteiger partial charge in [-0.15, -0.1) is 10.2 Å². The van der Waals surface area contributed by atoms with Crippen molar-refractivity contribution in [3.8, 4) is 0 Å². The van der Waals surface area contributed by atoms with Crippen molar-refractivity contribution in [1.82, 2.24) is 24.5 Å². The highest BCUT2D eigenvalue weighted by Crippen LogP contribution is 2.25. The van der Waals surface area contributed by atoms with Crippen LogP contribution in [0.25, 0.3) is 16.7 Å². The Hall–Kier alpha value is -2.28. The van der Waals surface area contributed by atoms with Crippen LogP contribution in [0.3, 0.4) is 0 Å². The van der Waals surface area contributed by atoms with Gasteiger partial charge in [0.25, 0.3) is 0 Å². The number of benzene rings is 1. The number of hydrogen-bond acceptors (Lipinski definition) is 5. The molecule has 3 heterocycles. The normalized spacial score (nSPS) is 16.8. The van der Waals surface area contributed by atoms with E-state index in [2.05, 4.69) is 27.0 Å². The summed E-state index contributed by atoms with van der Waals surface area (Å²) in [6.07, 6.45) is 1.62. The maximum absolute atomic E-state index is 13.9. The summed E-state index contributed by atoms with van der Waals surface area (Å²) >= 11 is 0. The number of fused-ring (bicyclic) bond motifs is 3. The van der Waals surface area contributed by atoms with Crippen LogP contribution in [0.2, 0.25) is 0 Å². The summed E-state index contributed by atoms with van der Waals surface area (Å²) in [5, 5.41) is 8.18. The topological polar surface area (TPSA) is 49.6 Å². The Morgan fingerprint density at radius 2 is 1.91 bits per heavy atom. The average molecular weight is 300 g/mol. The lowest BCUT2D eigenvalue weighted by Crippen LogP contribution is -2.45. The molecule has 0 N–H and O–H groups in total. The summed E-state index contributed by atoms with van der Waals surface area (Å²) in [6, 6.07) is 3.28. The third-order valence-corrected chi connectivity index (χ3v) is 4.29. The SMILES string of the molecule is Cc1cc2nc(N3CCN(C)CC3)c3nncn3c2cc1F. The highest BCUT2D eigenvalue weighted by Gasteiger charge is 2.20. The van der Waals surface area contributed by atoms with Gasteiger partial charge in [-0.1, -0.05) is 0 Å². The Labute approximate surface area is 127 Å². The molecule has 0 radical (unpaired) electrons. The van der Waals surface area contributed by atoms with Crippen LogP contribution < -0.4 is 4.90 Å². The number of halogens is 1. The number of piperazine rings is 1. The molecule has 0 bridgehead atoms. The minimum absolute atomic E-state index is 0.239. The van der Waals surface area contributed by atoms with E-state index in [0.717, 1.165) is 37.5 Å². The molecular weight excluding hydrogens is 283 g/mol. The van der Waals surface area contributed by atoms with Crippen LogP contribution in [-0.2, 0) is 0 Å². The third-order valence-electron chi connectivity index (χ3n) is 4.29. The lowest BCUT2D eigenvalue weighted by molar-refractivity contribution is 0.312. The molecule has 0 spiro atoms. The number of nitrogens with zero attached hydrogens (tertiary/aromatic N) is 6. The van der Waals surface area contributed by atoms with Gasteiger partial charge in [0.05, 0.1) is 11.0 Å². The summed E-state index contributed by atoms with van der Waals surface area (Å²) in [4.78, 5) is 9.26. The van der Waals surface area contributed by atoms with E-state index in [-0.39, 0.29) is 5.82 Å². The highest BCUT2D eigenvalue weighted by molar-refractivity contribution is 5.83. The first kappa shape index (κ1) is 13.4. The van der Waals surface area contributed by atoms with Gasteiger partial charge in [0.1, 0.15) is 12.1 Å². The lowest BCUT2D eigenvalue weighted by Gasteiger charge is -2.33. The quantitative estimate of drug-likeness (QED) is 0.681. The second-order valence-corrected chi connectivity index (χ2v) is 5.84. The van der Waals surface area contributed by atoms with Crippen LogP contribution in [0.1, 0.15) is 5.56 Å². The molecule has 114 valence electrons. The average Bonchev–Trinajstić information content (AvgIpc) is 2.99. The second kappa shape index (κ2) is 4.88. The van der Waals surface area contributed by atoms with E-state index in [9.17, 15) is 4.39 Å². The molecule has 3 aromatic rings. The van der Waals surface area contributed by atoms with E-state index < -0.39 is 0 Å². The van der Waals surface area contributed by atoms with Gasteiger partial charge < -0.3 is 9.80 Å². The summed E-state index contributed by atoms with van der Waals surface area (Å²) < 4.78 is 15.7. The Balaban J connectivity index is 1.93. The smallest absolute Gasteiger partial charge is 0.204 e. The summed E-state index contributed by atoms with van der Waals surface area (Å²) in [7, 11) is 2.12. The van der Waals surface area contributed by atoms with Crippen molar-refractivity contribution in [2.75, 3.05) is 38.1 Å². The van der Waals surface area contributed by atoms with Crippen LogP contribution in [0.4, 0.5) is 10.2 Å². The Bertz CT molecular complexity index is 850. The van der Waals surface area contributed by atoms with Crippen molar-refractivity contribution in [2.24, 2.45) is 0 Å². The fourth-order valence-electron chi connectivity index (χ4n) is 2.90. The molecular formula is C15H17FN6. The van der Waals surface area contributed by atoms with Gasteiger partial charge in [-0.3, -0.25) is 4.40 Å². The number of likely N-dealkylation sites (N-methyl/N-ethyl adjacent to an activating group) is 1. The van der Waals surface area contributed by atoms with Crippen LogP contribution in [-0.4, -0.2) is 57.7 Å². The van der Waals surface area contributed by atoms with E-state index in [4.69, 9.17) is 4.98 Å². The maximum atomic E-state index is 13.9. The molecule has 7 heteroatoms. The number of rotatable bonds is 1. The monoisotopic (exact) mass is 300 g/mol. The molecule has 0 amide bonds. The van der Waals surface area contributed by atoms with E-state index in [0.29, 0.717) is 16.7 Å². The first-order valence-electron chi connectivity index (χ1n) is 7.36. The molecule has 6 nitrogen and oxygen atoms in total. The molecule has 4 rings (SSSR count). The van der Waals surface area contributed by atoms with Gasteiger partial charge in [0.15, 0.2) is 5.82 Å². The molecule has 2 aromatic heterocycles. The van der Waals surface area contributed by atoms with Gasteiger partial charge in [-0.05, 0) is 25.6 Å². The van der Waals surface area contributed by atoms with Gasteiger partial charge in [0.2, 0.25) is 5.65 Å². The zero-order chi connectivity index (χ0) is 15.3. The van der Waals surface area contributed by atoms with Gasteiger partial charge >= 0.3 is 0 Å². The van der Waals surface area contributed by atoms with Crippen molar-refractivity contribution in [3.63, 3.8) is 0 Å².